The molecule has 4 atom stereocenters. The van der Waals surface area contributed by atoms with E-state index in [4.69, 9.17) is 4.11 Å². The van der Waals surface area contributed by atoms with Gasteiger partial charge in [-0.05, 0) is 106 Å². The van der Waals surface area contributed by atoms with Crippen LogP contribution in [0.3, 0.4) is 0 Å². The van der Waals surface area contributed by atoms with Crippen molar-refractivity contribution in [1.82, 2.24) is 0 Å². The molecule has 52 heavy (non-hydrogen) atoms. The zero-order valence-electron chi connectivity index (χ0n) is 38.2. The van der Waals surface area contributed by atoms with Gasteiger partial charge in [0, 0.05) is 8.43 Å². The summed E-state index contributed by atoms with van der Waals surface area (Å²) in [6, 6.07) is 34.9. The maximum atomic E-state index is 9.78. The summed E-state index contributed by atoms with van der Waals surface area (Å²) in [5.41, 5.74) is 8.42. The van der Waals surface area contributed by atoms with Gasteiger partial charge >= 0.3 is 0 Å². The van der Waals surface area contributed by atoms with E-state index in [1.165, 1.54) is 0 Å². The molecule has 0 spiro atoms. The van der Waals surface area contributed by atoms with Gasteiger partial charge < -0.3 is 4.90 Å². The fourth-order valence-electron chi connectivity index (χ4n) is 8.01. The molecule has 0 saturated carbocycles. The molecule has 0 fully saturated rings. The van der Waals surface area contributed by atoms with E-state index in [2.05, 4.69) is 49.6 Å². The summed E-state index contributed by atoms with van der Waals surface area (Å²) in [6.07, 6.45) is 3.72. The molecular weight excluding hydrogens is 627 g/mol. The second-order valence-electron chi connectivity index (χ2n) is 13.4. The van der Waals surface area contributed by atoms with E-state index in [1.807, 2.05) is 97.1 Å². The van der Waals surface area contributed by atoms with Crippen LogP contribution in [-0.2, 0) is 18.3 Å². The fourth-order valence-corrected chi connectivity index (χ4v) is 8.01. The van der Waals surface area contributed by atoms with Crippen LogP contribution in [0.25, 0.3) is 16.7 Å². The molecule has 1 nitrogen and oxygen atoms in total. The molecule has 3 aliphatic rings. The number of aryl methyl sites for hydroxylation is 2. The highest BCUT2D eigenvalue weighted by Crippen LogP contribution is 2.57. The van der Waals surface area contributed by atoms with Crippen LogP contribution in [0.5, 0.6) is 0 Å². The molecule has 0 N–H and O–H groups in total. The van der Waals surface area contributed by atoms with Gasteiger partial charge in [-0.25, -0.2) is 0 Å². The molecule has 4 unspecified atom stereocenters. The largest absolute Gasteiger partial charge is 0.358 e. The van der Waals surface area contributed by atoms with E-state index >= 15 is 0 Å². The van der Waals surface area contributed by atoms with Crippen LogP contribution in [0.4, 0.5) is 5.69 Å². The van der Waals surface area contributed by atoms with Gasteiger partial charge in [0.2, 0.25) is 0 Å². The Labute approximate surface area is 323 Å². The van der Waals surface area contributed by atoms with Crippen LogP contribution >= 0.6 is 0 Å². The van der Waals surface area contributed by atoms with Crippen LogP contribution in [0.1, 0.15) is 76.9 Å². The van der Waals surface area contributed by atoms with Crippen molar-refractivity contribution in [3.63, 3.8) is 0 Å². The standard InChI is InChI=1S/C51H47N/c1-3-5-18-38-28-29-41(36-40(38)19-6-4-2)39-30-32-45(33-31-39)52(44-24-14-9-15-25-44)46-34-35-48-47-26-16-17-27-49(47)51(50(48)37-46,42-20-10-7-11-21-42)43-22-12-8-13-23-43/h3-4,7-17,20-24,26-32,34-37,44-45H,1-2,5-6,18-19,25,33H2/i9D,14D,15D,24D,25D,30D,31D,32D,33D. The van der Waals surface area contributed by atoms with Gasteiger partial charge in [0.25, 0.3) is 0 Å². The normalized spacial score (nSPS) is 24.6. The lowest BCUT2D eigenvalue weighted by atomic mass is 9.67. The third kappa shape index (κ3) is 6.05. The second-order valence-corrected chi connectivity index (χ2v) is 13.4. The Hall–Kier alpha value is -5.66. The van der Waals surface area contributed by atoms with Crippen molar-refractivity contribution in [2.24, 2.45) is 0 Å². The number of anilines is 1. The number of benzene rings is 5. The monoisotopic (exact) mass is 682 g/mol. The Morgan fingerprint density at radius 1 is 0.673 bits per heavy atom. The summed E-state index contributed by atoms with van der Waals surface area (Å²) in [6.45, 7) is 7.76. The highest BCUT2D eigenvalue weighted by atomic mass is 15.2. The predicted molar refractivity (Wildman–Crippen MR) is 222 cm³/mol. The van der Waals surface area contributed by atoms with Gasteiger partial charge in [0.15, 0.2) is 0 Å². The molecule has 3 aliphatic carbocycles. The molecule has 5 aromatic carbocycles. The van der Waals surface area contributed by atoms with Gasteiger partial charge in [0.05, 0.1) is 27.1 Å². The fraction of sp³-hybridized carbons (Fsp3) is 0.176. The molecule has 0 saturated heterocycles. The zero-order valence-corrected chi connectivity index (χ0v) is 29.2. The molecule has 0 radical (unpaired) electrons. The average Bonchev–Trinajstić information content (AvgIpc) is 3.59. The lowest BCUT2D eigenvalue weighted by Gasteiger charge is -2.40. The van der Waals surface area contributed by atoms with Crippen LogP contribution < -0.4 is 4.90 Å². The molecule has 5 aromatic rings. The highest BCUT2D eigenvalue weighted by Gasteiger charge is 2.46. The number of hydrogen-bond acceptors (Lipinski definition) is 1. The van der Waals surface area contributed by atoms with E-state index in [1.54, 1.807) is 4.90 Å². The Balaban J connectivity index is 1.36. The van der Waals surface area contributed by atoms with Crippen LogP contribution in [0, 0.1) is 0 Å². The molecular formula is C51H47N. The van der Waals surface area contributed by atoms with Crippen LogP contribution in [-0.4, -0.2) is 12.1 Å². The number of rotatable bonds is 12. The minimum absolute atomic E-state index is 0.177. The van der Waals surface area contributed by atoms with Crippen molar-refractivity contribution in [1.29, 1.82) is 0 Å². The maximum Gasteiger partial charge on any atom is 0.0714 e. The van der Waals surface area contributed by atoms with Crippen molar-refractivity contribution in [2.75, 3.05) is 4.90 Å². The SMILES string of the molecule is [2H]C1=C([2H])C([2H])C(N(c2ccc3c(c2)C(c2ccccc2)(c2ccccc2)c2ccccc2-3)C2C([2H])=C([2H])C(c3ccc(CCC=C)c(CCC=C)c3)=C([2H])C2[2H])C([2H])=C1[2H]. The van der Waals surface area contributed by atoms with Crippen molar-refractivity contribution >= 4 is 11.3 Å². The van der Waals surface area contributed by atoms with Crippen molar-refractivity contribution < 1.29 is 12.3 Å². The molecule has 0 aromatic heterocycles. The second kappa shape index (κ2) is 14.9. The third-order valence-corrected chi connectivity index (χ3v) is 10.4. The Bertz CT molecular complexity index is 2620. The van der Waals surface area contributed by atoms with Crippen molar-refractivity contribution in [3.05, 3.63) is 228 Å². The highest BCUT2D eigenvalue weighted by molar-refractivity contribution is 5.88. The summed E-state index contributed by atoms with van der Waals surface area (Å²) in [7, 11) is 0. The van der Waals surface area contributed by atoms with Gasteiger partial charge in [-0.1, -0.05) is 164 Å². The molecule has 0 bridgehead atoms. The first-order chi connectivity index (χ1) is 29.5. The van der Waals surface area contributed by atoms with E-state index in [0.29, 0.717) is 17.7 Å². The number of allylic oxidation sites excluding steroid dienone is 6. The molecule has 1 heteroatoms. The number of fused-ring (bicyclic) bond motifs is 3. The molecule has 8 rings (SSSR count). The van der Waals surface area contributed by atoms with Crippen molar-refractivity contribution in [3.8, 4) is 11.1 Å². The van der Waals surface area contributed by atoms with E-state index in [-0.39, 0.29) is 23.7 Å². The summed E-state index contributed by atoms with van der Waals surface area (Å²) in [5, 5.41) is 0. The summed E-state index contributed by atoms with van der Waals surface area (Å²) in [5.74, 6) is 0. The van der Waals surface area contributed by atoms with Gasteiger partial charge in [-0.15, -0.1) is 13.2 Å². The number of hydrogen-bond donors (Lipinski definition) is 0. The summed E-state index contributed by atoms with van der Waals surface area (Å²) in [4.78, 5) is 1.56. The lowest BCUT2D eigenvalue weighted by molar-refractivity contribution is 0.616. The third-order valence-electron chi connectivity index (χ3n) is 10.4. The molecule has 0 amide bonds. The Kier molecular flexibility index (Phi) is 7.03. The first-order valence-electron chi connectivity index (χ1n) is 22.7. The average molecular weight is 683 g/mol. The minimum Gasteiger partial charge on any atom is -0.358 e. The Morgan fingerprint density at radius 3 is 2.10 bits per heavy atom. The van der Waals surface area contributed by atoms with Gasteiger partial charge in [0.1, 0.15) is 0 Å². The quantitative estimate of drug-likeness (QED) is 0.116. The van der Waals surface area contributed by atoms with E-state index in [0.717, 1.165) is 63.8 Å². The first kappa shape index (κ1) is 24.5. The van der Waals surface area contributed by atoms with Crippen LogP contribution in [0.15, 0.2) is 189 Å². The maximum absolute atomic E-state index is 9.78. The summed E-state index contributed by atoms with van der Waals surface area (Å²) < 4.78 is 83.2. The minimum atomic E-state index is -1.53. The zero-order chi connectivity index (χ0) is 43.2. The summed E-state index contributed by atoms with van der Waals surface area (Å²) >= 11 is 0. The van der Waals surface area contributed by atoms with Gasteiger partial charge in [-0.3, -0.25) is 0 Å². The first-order valence-corrected chi connectivity index (χ1v) is 18.0. The van der Waals surface area contributed by atoms with E-state index < -0.39 is 54.5 Å². The van der Waals surface area contributed by atoms with Crippen LogP contribution in [0.2, 0.25) is 0 Å². The van der Waals surface area contributed by atoms with Crippen molar-refractivity contribution in [2.45, 2.75) is 56.0 Å². The molecule has 0 aliphatic heterocycles. The lowest BCUT2D eigenvalue weighted by Crippen LogP contribution is -2.42. The molecule has 0 heterocycles. The topological polar surface area (TPSA) is 3.24 Å². The number of nitrogens with zero attached hydrogens (tertiary/aromatic N) is 1. The smallest absolute Gasteiger partial charge is 0.0714 e. The Morgan fingerprint density at radius 2 is 1.35 bits per heavy atom. The van der Waals surface area contributed by atoms with Gasteiger partial charge in [-0.2, -0.15) is 0 Å². The molecule has 256 valence electrons. The van der Waals surface area contributed by atoms with E-state index in [9.17, 15) is 8.22 Å². The predicted octanol–water partition coefficient (Wildman–Crippen LogP) is 12.4.